The SMILES string of the molecule is CC[C@H](Sc1ccc(Cl)cc1)C(=O)Nc1cc(S(=O)(=O)N2CCOCC2)ccc1OC. The Bertz CT molecular complexity index is 1010. The van der Waals surface area contributed by atoms with Gasteiger partial charge in [-0.15, -0.1) is 11.8 Å². The Balaban J connectivity index is 1.81. The number of methoxy groups -OCH3 is 1. The molecule has 2 aromatic rings. The van der Waals surface area contributed by atoms with Gasteiger partial charge >= 0.3 is 0 Å². The molecule has 0 aliphatic carbocycles. The lowest BCUT2D eigenvalue weighted by molar-refractivity contribution is -0.115. The van der Waals surface area contributed by atoms with Crippen LogP contribution in [0.1, 0.15) is 13.3 Å². The number of benzene rings is 2. The smallest absolute Gasteiger partial charge is 0.243 e. The maximum Gasteiger partial charge on any atom is 0.243 e. The summed E-state index contributed by atoms with van der Waals surface area (Å²) in [5, 5.41) is 3.10. The average Bonchev–Trinajstić information content (AvgIpc) is 2.79. The molecule has 0 spiro atoms. The van der Waals surface area contributed by atoms with Gasteiger partial charge in [-0.25, -0.2) is 8.42 Å². The zero-order valence-corrected chi connectivity index (χ0v) is 19.7. The second kappa shape index (κ2) is 10.7. The molecule has 1 aliphatic rings. The van der Waals surface area contributed by atoms with Crippen molar-refractivity contribution in [3.05, 3.63) is 47.5 Å². The van der Waals surface area contributed by atoms with Crippen molar-refractivity contribution in [3.8, 4) is 5.75 Å². The standard InChI is InChI=1S/C21H25ClN2O5S2/c1-3-20(30-16-6-4-15(22)5-7-16)21(25)23-18-14-17(8-9-19(18)28-2)31(26,27)24-10-12-29-13-11-24/h4-9,14,20H,3,10-13H2,1-2H3,(H,23,25)/t20-/m0/s1. The number of hydrogen-bond acceptors (Lipinski definition) is 6. The minimum Gasteiger partial charge on any atom is -0.495 e. The van der Waals surface area contributed by atoms with Crippen molar-refractivity contribution >= 4 is 45.0 Å². The van der Waals surface area contributed by atoms with Crippen molar-refractivity contribution in [2.24, 2.45) is 0 Å². The summed E-state index contributed by atoms with van der Waals surface area (Å²) in [6.07, 6.45) is 0.590. The number of hydrogen-bond donors (Lipinski definition) is 1. The van der Waals surface area contributed by atoms with Crippen LogP contribution in [0, 0.1) is 0 Å². The van der Waals surface area contributed by atoms with E-state index in [0.29, 0.717) is 49.2 Å². The Labute approximate surface area is 192 Å². The van der Waals surface area contributed by atoms with E-state index in [1.54, 1.807) is 18.2 Å². The van der Waals surface area contributed by atoms with Crippen molar-refractivity contribution < 1.29 is 22.7 Å². The number of rotatable bonds is 8. The van der Waals surface area contributed by atoms with Crippen LogP contribution in [0.5, 0.6) is 5.75 Å². The monoisotopic (exact) mass is 484 g/mol. The summed E-state index contributed by atoms with van der Waals surface area (Å²) in [4.78, 5) is 14.0. The molecule has 1 heterocycles. The zero-order valence-electron chi connectivity index (χ0n) is 17.3. The number of amides is 1. The third-order valence-electron chi connectivity index (χ3n) is 4.79. The van der Waals surface area contributed by atoms with Gasteiger partial charge in [-0.1, -0.05) is 18.5 Å². The van der Waals surface area contributed by atoms with Crippen LogP contribution in [-0.2, 0) is 19.6 Å². The van der Waals surface area contributed by atoms with E-state index in [4.69, 9.17) is 21.1 Å². The number of anilines is 1. The Morgan fingerprint density at radius 3 is 2.52 bits per heavy atom. The van der Waals surface area contributed by atoms with Crippen LogP contribution >= 0.6 is 23.4 Å². The molecule has 1 N–H and O–H groups in total. The molecular formula is C21H25ClN2O5S2. The fourth-order valence-corrected chi connectivity index (χ4v) is 5.61. The highest BCUT2D eigenvalue weighted by atomic mass is 35.5. The van der Waals surface area contributed by atoms with Gasteiger partial charge in [0.05, 0.1) is 36.2 Å². The number of nitrogens with zero attached hydrogens (tertiary/aromatic N) is 1. The largest absolute Gasteiger partial charge is 0.495 e. The summed E-state index contributed by atoms with van der Waals surface area (Å²) in [5.41, 5.74) is 0.317. The van der Waals surface area contributed by atoms with Gasteiger partial charge in [-0.05, 0) is 48.9 Å². The Morgan fingerprint density at radius 1 is 1.23 bits per heavy atom. The first-order valence-electron chi connectivity index (χ1n) is 9.84. The van der Waals surface area contributed by atoms with Gasteiger partial charge in [-0.3, -0.25) is 4.79 Å². The summed E-state index contributed by atoms with van der Waals surface area (Å²) >= 11 is 7.35. The van der Waals surface area contributed by atoms with Crippen LogP contribution in [0.25, 0.3) is 0 Å². The zero-order chi connectivity index (χ0) is 22.4. The van der Waals surface area contributed by atoms with E-state index in [1.807, 2.05) is 19.1 Å². The number of nitrogens with one attached hydrogen (secondary N) is 1. The first-order valence-corrected chi connectivity index (χ1v) is 12.5. The van der Waals surface area contributed by atoms with E-state index in [1.165, 1.54) is 35.3 Å². The molecular weight excluding hydrogens is 460 g/mol. The normalized spacial score (nSPS) is 16.0. The van der Waals surface area contributed by atoms with Crippen LogP contribution in [-0.4, -0.2) is 57.3 Å². The number of carbonyl (C=O) groups is 1. The second-order valence-electron chi connectivity index (χ2n) is 6.84. The van der Waals surface area contributed by atoms with Crippen molar-refractivity contribution in [1.82, 2.24) is 4.31 Å². The molecule has 0 radical (unpaired) electrons. The van der Waals surface area contributed by atoms with Crippen LogP contribution in [0.15, 0.2) is 52.3 Å². The van der Waals surface area contributed by atoms with E-state index in [-0.39, 0.29) is 16.1 Å². The number of morpholine rings is 1. The minimum absolute atomic E-state index is 0.101. The molecule has 1 atom stereocenters. The maximum absolute atomic E-state index is 13.0. The number of ether oxygens (including phenoxy) is 2. The van der Waals surface area contributed by atoms with Crippen molar-refractivity contribution in [3.63, 3.8) is 0 Å². The lowest BCUT2D eigenvalue weighted by Gasteiger charge is -2.26. The van der Waals surface area contributed by atoms with Gasteiger partial charge in [0.2, 0.25) is 15.9 Å². The molecule has 7 nitrogen and oxygen atoms in total. The average molecular weight is 485 g/mol. The second-order valence-corrected chi connectivity index (χ2v) is 10.5. The Hall–Kier alpha value is -1.78. The first-order chi connectivity index (χ1) is 14.8. The molecule has 1 fully saturated rings. The molecule has 1 saturated heterocycles. The molecule has 0 saturated carbocycles. The molecule has 1 amide bonds. The van der Waals surface area contributed by atoms with Gasteiger partial charge in [0.15, 0.2) is 0 Å². The van der Waals surface area contributed by atoms with Crippen molar-refractivity contribution in [1.29, 1.82) is 0 Å². The van der Waals surface area contributed by atoms with Gasteiger partial charge in [0.1, 0.15) is 5.75 Å². The summed E-state index contributed by atoms with van der Waals surface area (Å²) in [6, 6.07) is 11.8. The molecule has 2 aromatic carbocycles. The van der Waals surface area contributed by atoms with Gasteiger partial charge in [-0.2, -0.15) is 4.31 Å². The van der Waals surface area contributed by atoms with E-state index in [0.717, 1.165) is 4.90 Å². The third kappa shape index (κ3) is 5.93. The van der Waals surface area contributed by atoms with Crippen molar-refractivity contribution in [2.45, 2.75) is 28.4 Å². The molecule has 3 rings (SSSR count). The summed E-state index contributed by atoms with van der Waals surface area (Å²) < 4.78 is 37.9. The highest BCUT2D eigenvalue weighted by Gasteiger charge is 2.28. The van der Waals surface area contributed by atoms with E-state index in [9.17, 15) is 13.2 Å². The maximum atomic E-state index is 13.0. The fraction of sp³-hybridized carbons (Fsp3) is 0.381. The topological polar surface area (TPSA) is 84.9 Å². The van der Waals surface area contributed by atoms with Crippen LogP contribution < -0.4 is 10.1 Å². The van der Waals surface area contributed by atoms with Gasteiger partial charge < -0.3 is 14.8 Å². The Kier molecular flexibility index (Phi) is 8.23. The number of carbonyl (C=O) groups excluding carboxylic acids is 1. The summed E-state index contributed by atoms with van der Waals surface area (Å²) in [7, 11) is -2.22. The van der Waals surface area contributed by atoms with Crippen LogP contribution in [0.4, 0.5) is 5.69 Å². The van der Waals surface area contributed by atoms with E-state index in [2.05, 4.69) is 5.32 Å². The lowest BCUT2D eigenvalue weighted by Crippen LogP contribution is -2.40. The Morgan fingerprint density at radius 2 is 1.90 bits per heavy atom. The molecule has 1 aliphatic heterocycles. The number of sulfonamides is 1. The fourth-order valence-electron chi connectivity index (χ4n) is 3.09. The molecule has 0 bridgehead atoms. The van der Waals surface area contributed by atoms with Crippen LogP contribution in [0.3, 0.4) is 0 Å². The van der Waals surface area contributed by atoms with E-state index < -0.39 is 10.0 Å². The highest BCUT2D eigenvalue weighted by molar-refractivity contribution is 8.00. The number of thioether (sulfide) groups is 1. The predicted molar refractivity (Wildman–Crippen MR) is 123 cm³/mol. The number of halogens is 1. The van der Waals surface area contributed by atoms with Gasteiger partial charge in [0.25, 0.3) is 0 Å². The highest BCUT2D eigenvalue weighted by Crippen LogP contribution is 2.32. The quantitative estimate of drug-likeness (QED) is 0.572. The molecule has 0 unspecified atom stereocenters. The molecule has 31 heavy (non-hydrogen) atoms. The third-order valence-corrected chi connectivity index (χ3v) is 8.31. The molecule has 0 aromatic heterocycles. The summed E-state index contributed by atoms with van der Waals surface area (Å²) in [6.45, 7) is 3.24. The molecule has 10 heteroatoms. The molecule has 168 valence electrons. The summed E-state index contributed by atoms with van der Waals surface area (Å²) in [5.74, 6) is 0.155. The van der Waals surface area contributed by atoms with Gasteiger partial charge in [0, 0.05) is 23.0 Å². The predicted octanol–water partition coefficient (Wildman–Crippen LogP) is 3.88. The van der Waals surface area contributed by atoms with E-state index >= 15 is 0 Å². The van der Waals surface area contributed by atoms with Crippen LogP contribution in [0.2, 0.25) is 5.02 Å². The first kappa shape index (κ1) is 23.9. The van der Waals surface area contributed by atoms with Crippen molar-refractivity contribution in [2.75, 3.05) is 38.7 Å². The minimum atomic E-state index is -3.69. The lowest BCUT2D eigenvalue weighted by atomic mass is 10.2.